The van der Waals surface area contributed by atoms with Crippen LogP contribution in [0, 0.1) is 13.8 Å². The van der Waals surface area contributed by atoms with Gasteiger partial charge < -0.3 is 5.32 Å². The van der Waals surface area contributed by atoms with Crippen LogP contribution in [-0.2, 0) is 6.54 Å². The molecule has 0 saturated carbocycles. The van der Waals surface area contributed by atoms with Gasteiger partial charge >= 0.3 is 6.03 Å². The molecule has 6 nitrogen and oxygen atoms in total. The van der Waals surface area contributed by atoms with Crippen molar-refractivity contribution in [2.24, 2.45) is 0 Å². The summed E-state index contributed by atoms with van der Waals surface area (Å²) in [5, 5.41) is 7.05. The van der Waals surface area contributed by atoms with Crippen LogP contribution in [0.2, 0.25) is 0 Å². The lowest BCUT2D eigenvalue weighted by Gasteiger charge is -2.09. The highest BCUT2D eigenvalue weighted by molar-refractivity contribution is 5.77. The van der Waals surface area contributed by atoms with Gasteiger partial charge in [0, 0.05) is 42.0 Å². The number of benzene rings is 1. The smallest absolute Gasteiger partial charge is 0.332 e. The third kappa shape index (κ3) is 4.21. The van der Waals surface area contributed by atoms with Crippen molar-refractivity contribution in [1.82, 2.24) is 25.1 Å². The number of hydrogen-bond acceptors (Lipinski definition) is 4. The van der Waals surface area contributed by atoms with Gasteiger partial charge in [0.05, 0.1) is 11.9 Å². The van der Waals surface area contributed by atoms with Crippen LogP contribution in [0.15, 0.2) is 73.3 Å². The number of amides is 1. The number of rotatable bonds is 4. The summed E-state index contributed by atoms with van der Waals surface area (Å²) < 4.78 is 1.32. The SMILES string of the molecule is Cc1cc(-c2ncc(CNC(=O)n3cc(-c4ccccc4)cn3)cc2C)ccn1. The minimum Gasteiger partial charge on any atom is -0.332 e. The van der Waals surface area contributed by atoms with Crippen molar-refractivity contribution in [3.05, 3.63) is 90.1 Å². The third-order valence-electron chi connectivity index (χ3n) is 4.65. The molecule has 0 aliphatic carbocycles. The Morgan fingerprint density at radius 3 is 2.55 bits per heavy atom. The molecule has 4 rings (SSSR count). The predicted molar refractivity (Wildman–Crippen MR) is 112 cm³/mol. The van der Waals surface area contributed by atoms with E-state index in [1.165, 1.54) is 4.68 Å². The highest BCUT2D eigenvalue weighted by atomic mass is 16.2. The number of hydrogen-bond donors (Lipinski definition) is 1. The summed E-state index contributed by atoms with van der Waals surface area (Å²) in [4.78, 5) is 21.2. The van der Waals surface area contributed by atoms with Gasteiger partial charge in [-0.3, -0.25) is 9.97 Å². The largest absolute Gasteiger partial charge is 0.342 e. The molecule has 0 unspecified atom stereocenters. The summed E-state index contributed by atoms with van der Waals surface area (Å²) in [6, 6.07) is 15.6. The van der Waals surface area contributed by atoms with Gasteiger partial charge in [-0.2, -0.15) is 9.78 Å². The number of carbonyl (C=O) groups is 1. The van der Waals surface area contributed by atoms with Crippen molar-refractivity contribution in [1.29, 1.82) is 0 Å². The fourth-order valence-corrected chi connectivity index (χ4v) is 3.20. The molecule has 1 aromatic carbocycles. The van der Waals surface area contributed by atoms with Crippen LogP contribution >= 0.6 is 0 Å². The zero-order valence-corrected chi connectivity index (χ0v) is 16.3. The number of aromatic nitrogens is 4. The molecule has 1 N–H and O–H groups in total. The maximum absolute atomic E-state index is 12.4. The van der Waals surface area contributed by atoms with E-state index in [9.17, 15) is 4.79 Å². The van der Waals surface area contributed by atoms with Crippen LogP contribution in [0.1, 0.15) is 16.8 Å². The maximum Gasteiger partial charge on any atom is 0.342 e. The Morgan fingerprint density at radius 1 is 0.966 bits per heavy atom. The second kappa shape index (κ2) is 8.06. The van der Waals surface area contributed by atoms with Crippen LogP contribution in [0.5, 0.6) is 0 Å². The number of aryl methyl sites for hydroxylation is 2. The Labute approximate surface area is 169 Å². The second-order valence-electron chi connectivity index (χ2n) is 6.89. The van der Waals surface area contributed by atoms with Gasteiger partial charge in [-0.25, -0.2) is 4.79 Å². The first kappa shape index (κ1) is 18.6. The van der Waals surface area contributed by atoms with Crippen LogP contribution in [-0.4, -0.2) is 25.8 Å². The van der Waals surface area contributed by atoms with E-state index in [1.807, 2.05) is 62.4 Å². The number of nitrogens with one attached hydrogen (secondary N) is 1. The van der Waals surface area contributed by atoms with Gasteiger partial charge in [0.1, 0.15) is 0 Å². The molecule has 6 heteroatoms. The zero-order valence-electron chi connectivity index (χ0n) is 16.3. The summed E-state index contributed by atoms with van der Waals surface area (Å²) in [6.07, 6.45) is 6.99. The lowest BCUT2D eigenvalue weighted by Crippen LogP contribution is -2.28. The first-order chi connectivity index (χ1) is 14.1. The Morgan fingerprint density at radius 2 is 1.79 bits per heavy atom. The van der Waals surface area contributed by atoms with E-state index in [0.717, 1.165) is 39.2 Å². The normalized spacial score (nSPS) is 10.7. The molecule has 1 amide bonds. The summed E-state index contributed by atoms with van der Waals surface area (Å²) in [6.45, 7) is 4.35. The molecule has 0 radical (unpaired) electrons. The van der Waals surface area contributed by atoms with Gasteiger partial charge in [0.15, 0.2) is 0 Å². The minimum absolute atomic E-state index is 0.279. The maximum atomic E-state index is 12.4. The summed E-state index contributed by atoms with van der Waals surface area (Å²) >= 11 is 0. The molecule has 144 valence electrons. The minimum atomic E-state index is -0.279. The molecule has 29 heavy (non-hydrogen) atoms. The number of pyridine rings is 2. The highest BCUT2D eigenvalue weighted by Crippen LogP contribution is 2.22. The molecule has 3 heterocycles. The average Bonchev–Trinajstić information content (AvgIpc) is 3.23. The van der Waals surface area contributed by atoms with Gasteiger partial charge in [0.2, 0.25) is 0 Å². The van der Waals surface area contributed by atoms with E-state index < -0.39 is 0 Å². The first-order valence-corrected chi connectivity index (χ1v) is 9.37. The molecule has 0 saturated heterocycles. The third-order valence-corrected chi connectivity index (χ3v) is 4.65. The number of carbonyl (C=O) groups excluding carboxylic acids is 1. The lowest BCUT2D eigenvalue weighted by atomic mass is 10.1. The van der Waals surface area contributed by atoms with Gasteiger partial charge in [0.25, 0.3) is 0 Å². The summed E-state index contributed by atoms with van der Waals surface area (Å²) in [5.74, 6) is 0. The van der Waals surface area contributed by atoms with E-state index in [-0.39, 0.29) is 6.03 Å². The molecule has 0 spiro atoms. The monoisotopic (exact) mass is 383 g/mol. The summed E-state index contributed by atoms with van der Waals surface area (Å²) in [7, 11) is 0. The molecular weight excluding hydrogens is 362 g/mol. The molecular formula is C23H21N5O. The standard InChI is InChI=1S/C23H21N5O/c1-16-10-18(12-25-22(16)20-8-9-24-17(2)11-20)13-26-23(29)28-15-21(14-27-28)19-6-4-3-5-7-19/h3-12,14-15H,13H2,1-2H3,(H,26,29). The van der Waals surface area contributed by atoms with E-state index in [2.05, 4.69) is 20.4 Å². The molecule has 0 bridgehead atoms. The van der Waals surface area contributed by atoms with Crippen LogP contribution < -0.4 is 5.32 Å². The Balaban J connectivity index is 1.43. The van der Waals surface area contributed by atoms with E-state index in [1.54, 1.807) is 24.8 Å². The van der Waals surface area contributed by atoms with Gasteiger partial charge in [-0.05, 0) is 42.7 Å². The van der Waals surface area contributed by atoms with Crippen molar-refractivity contribution >= 4 is 6.03 Å². The van der Waals surface area contributed by atoms with Crippen LogP contribution in [0.3, 0.4) is 0 Å². The topological polar surface area (TPSA) is 72.7 Å². The van der Waals surface area contributed by atoms with E-state index >= 15 is 0 Å². The van der Waals surface area contributed by atoms with Crippen molar-refractivity contribution in [3.8, 4) is 22.4 Å². The fraction of sp³-hybridized carbons (Fsp3) is 0.130. The Hall–Kier alpha value is -3.80. The fourth-order valence-electron chi connectivity index (χ4n) is 3.20. The van der Waals surface area contributed by atoms with Crippen molar-refractivity contribution < 1.29 is 4.79 Å². The summed E-state index contributed by atoms with van der Waals surface area (Å²) in [5.41, 5.74) is 6.81. The Kier molecular flexibility index (Phi) is 5.16. The van der Waals surface area contributed by atoms with Gasteiger partial charge in [-0.1, -0.05) is 36.4 Å². The quantitative estimate of drug-likeness (QED) is 0.567. The van der Waals surface area contributed by atoms with Gasteiger partial charge in [-0.15, -0.1) is 0 Å². The predicted octanol–water partition coefficient (Wildman–Crippen LogP) is 4.38. The lowest BCUT2D eigenvalue weighted by molar-refractivity contribution is 0.239. The van der Waals surface area contributed by atoms with Crippen molar-refractivity contribution in [2.75, 3.05) is 0 Å². The van der Waals surface area contributed by atoms with Crippen molar-refractivity contribution in [2.45, 2.75) is 20.4 Å². The first-order valence-electron chi connectivity index (χ1n) is 9.37. The molecule has 4 aromatic rings. The zero-order chi connectivity index (χ0) is 20.2. The van der Waals surface area contributed by atoms with Crippen LogP contribution in [0.25, 0.3) is 22.4 Å². The number of nitrogens with zero attached hydrogens (tertiary/aromatic N) is 4. The molecule has 0 atom stereocenters. The second-order valence-corrected chi connectivity index (χ2v) is 6.89. The van der Waals surface area contributed by atoms with E-state index in [4.69, 9.17) is 0 Å². The molecule has 0 aliphatic heterocycles. The average molecular weight is 383 g/mol. The molecule has 0 fully saturated rings. The Bertz CT molecular complexity index is 1150. The van der Waals surface area contributed by atoms with Crippen LogP contribution in [0.4, 0.5) is 4.79 Å². The molecule has 3 aromatic heterocycles. The highest BCUT2D eigenvalue weighted by Gasteiger charge is 2.10. The van der Waals surface area contributed by atoms with E-state index in [0.29, 0.717) is 6.54 Å². The van der Waals surface area contributed by atoms with Crippen molar-refractivity contribution in [3.63, 3.8) is 0 Å². The molecule has 0 aliphatic rings.